The van der Waals surface area contributed by atoms with Gasteiger partial charge in [-0.15, -0.1) is 13.2 Å². The van der Waals surface area contributed by atoms with E-state index in [0.717, 1.165) is 28.6 Å². The number of likely N-dealkylation sites (tertiary alicyclic amines) is 1. The molecule has 0 bridgehead atoms. The van der Waals surface area contributed by atoms with Gasteiger partial charge in [0.2, 0.25) is 0 Å². The largest absolute Gasteiger partial charge is 0.573 e. The van der Waals surface area contributed by atoms with Crippen molar-refractivity contribution in [2.45, 2.75) is 45.5 Å². The van der Waals surface area contributed by atoms with Crippen molar-refractivity contribution in [1.29, 1.82) is 0 Å². The summed E-state index contributed by atoms with van der Waals surface area (Å²) < 4.78 is 64.6. The number of alkyl halides is 3. The number of hydrogen-bond donors (Lipinski definition) is 0. The third kappa shape index (κ3) is 7.10. The van der Waals surface area contributed by atoms with Crippen molar-refractivity contribution in [1.82, 2.24) is 14.7 Å². The summed E-state index contributed by atoms with van der Waals surface area (Å²) in [6, 6.07) is 12.9. The Morgan fingerprint density at radius 3 is 2.45 bits per heavy atom. The lowest BCUT2D eigenvalue weighted by Gasteiger charge is -2.32. The van der Waals surface area contributed by atoms with Crippen molar-refractivity contribution >= 4 is 22.6 Å². The summed E-state index contributed by atoms with van der Waals surface area (Å²) >= 11 is 0. The van der Waals surface area contributed by atoms with Gasteiger partial charge in [-0.3, -0.25) is 14.3 Å². The summed E-state index contributed by atoms with van der Waals surface area (Å²) in [5.41, 5.74) is 2.51. The number of fused-ring (bicyclic) bond motifs is 1. The number of rotatable bonds is 10. The maximum Gasteiger partial charge on any atom is 0.573 e. The van der Waals surface area contributed by atoms with Crippen molar-refractivity contribution in [3.05, 3.63) is 83.3 Å². The molecule has 5 rings (SSSR count). The van der Waals surface area contributed by atoms with E-state index < -0.39 is 23.8 Å². The van der Waals surface area contributed by atoms with Crippen LogP contribution in [0.5, 0.6) is 5.75 Å². The molecule has 2 heterocycles. The lowest BCUT2D eigenvalue weighted by Crippen LogP contribution is -2.39. The third-order valence-corrected chi connectivity index (χ3v) is 8.03. The first-order chi connectivity index (χ1) is 21.0. The molecule has 1 aliphatic heterocycles. The molecule has 7 nitrogen and oxygen atoms in total. The van der Waals surface area contributed by atoms with Crippen LogP contribution in [0.1, 0.15) is 52.0 Å². The number of halogens is 4. The zero-order chi connectivity index (χ0) is 31.4. The second kappa shape index (κ2) is 13.2. The molecule has 0 spiro atoms. The predicted molar refractivity (Wildman–Crippen MR) is 157 cm³/mol. The van der Waals surface area contributed by atoms with Crippen molar-refractivity contribution in [3.8, 4) is 16.9 Å². The van der Waals surface area contributed by atoms with Crippen LogP contribution >= 0.6 is 0 Å². The maximum atomic E-state index is 15.1. The van der Waals surface area contributed by atoms with E-state index in [-0.39, 0.29) is 28.4 Å². The zero-order valence-electron chi connectivity index (χ0n) is 24.5. The van der Waals surface area contributed by atoms with Crippen molar-refractivity contribution < 1.29 is 36.6 Å². The fraction of sp³-hybridized carbons (Fsp3) is 0.364. The number of carbonyl (C=O) groups excluding carboxylic acids is 2. The highest BCUT2D eigenvalue weighted by atomic mass is 19.4. The van der Waals surface area contributed by atoms with Crippen LogP contribution in [0.3, 0.4) is 0 Å². The number of nitrogens with zero attached hydrogens (tertiary/aromatic N) is 3. The van der Waals surface area contributed by atoms with Gasteiger partial charge < -0.3 is 14.4 Å². The van der Waals surface area contributed by atoms with Gasteiger partial charge in [-0.2, -0.15) is 5.10 Å². The zero-order valence-corrected chi connectivity index (χ0v) is 24.5. The third-order valence-electron chi connectivity index (χ3n) is 8.03. The standard InChI is InChI=1S/C33H33F4N3O4/c1-21-24(30(41)7-5-17-43-2)11-12-29-27(21)20-40(38-29)19-22-13-15-39(16-14-22)32(42)26-10-9-23(18-28(26)34)25-6-3-4-8-31(25)44-33(35,36)37/h3-4,6,8-12,18,20,22H,5,7,13-17,19H2,1-2H3. The average molecular weight is 612 g/mol. The number of ether oxygens (including phenoxy) is 2. The molecule has 1 amide bonds. The lowest BCUT2D eigenvalue weighted by atomic mass is 9.96. The molecule has 1 fully saturated rings. The molecule has 1 aliphatic rings. The number of piperidine rings is 1. The van der Waals surface area contributed by atoms with Crippen molar-refractivity contribution in [3.63, 3.8) is 0 Å². The fourth-order valence-electron chi connectivity index (χ4n) is 5.72. The minimum absolute atomic E-state index is 0.0647. The topological polar surface area (TPSA) is 73.7 Å². The van der Waals surface area contributed by atoms with Gasteiger partial charge in [-0.25, -0.2) is 4.39 Å². The molecular weight excluding hydrogens is 578 g/mol. The second-order valence-electron chi connectivity index (χ2n) is 11.0. The number of aromatic nitrogens is 2. The molecular formula is C33H33F4N3O4. The smallest absolute Gasteiger partial charge is 0.405 e. The molecule has 0 saturated carbocycles. The predicted octanol–water partition coefficient (Wildman–Crippen LogP) is 7.21. The summed E-state index contributed by atoms with van der Waals surface area (Å²) in [5.74, 6) is -1.39. The summed E-state index contributed by atoms with van der Waals surface area (Å²) in [4.78, 5) is 27.4. The van der Waals surface area contributed by atoms with E-state index in [0.29, 0.717) is 57.5 Å². The van der Waals surface area contributed by atoms with Crippen LogP contribution in [0.15, 0.2) is 60.8 Å². The maximum absolute atomic E-state index is 15.1. The molecule has 1 saturated heterocycles. The van der Waals surface area contributed by atoms with E-state index >= 15 is 4.39 Å². The van der Waals surface area contributed by atoms with E-state index in [9.17, 15) is 22.8 Å². The van der Waals surface area contributed by atoms with Gasteiger partial charge in [-0.1, -0.05) is 24.3 Å². The van der Waals surface area contributed by atoms with Crippen LogP contribution in [0.25, 0.3) is 22.0 Å². The number of aryl methyl sites for hydroxylation is 1. The summed E-state index contributed by atoms with van der Waals surface area (Å²) in [6.45, 7) is 3.99. The number of carbonyl (C=O) groups is 2. The van der Waals surface area contributed by atoms with Gasteiger partial charge in [-0.05, 0) is 73.6 Å². The SMILES string of the molecule is COCCCC(=O)c1ccc2nn(CC3CCN(C(=O)c4ccc(-c5ccccc5OC(F)(F)F)cc4F)CC3)cc2c1C. The number of hydrogen-bond acceptors (Lipinski definition) is 5. The van der Waals surface area contributed by atoms with E-state index in [4.69, 9.17) is 9.84 Å². The van der Waals surface area contributed by atoms with Gasteiger partial charge in [0.1, 0.15) is 11.6 Å². The Kier molecular flexibility index (Phi) is 9.33. The fourth-order valence-corrected chi connectivity index (χ4v) is 5.72. The van der Waals surface area contributed by atoms with Crippen molar-refractivity contribution in [2.24, 2.45) is 5.92 Å². The Labute approximate surface area is 252 Å². The number of ketones is 1. The molecule has 44 heavy (non-hydrogen) atoms. The second-order valence-corrected chi connectivity index (χ2v) is 11.0. The average Bonchev–Trinajstić information content (AvgIpc) is 3.40. The van der Waals surface area contributed by atoms with E-state index in [1.807, 2.05) is 29.9 Å². The molecule has 3 aromatic carbocycles. The van der Waals surface area contributed by atoms with Crippen LogP contribution in [0, 0.1) is 18.7 Å². The van der Waals surface area contributed by atoms with E-state index in [1.54, 1.807) is 12.0 Å². The number of Topliss-reactive ketones (excluding diaryl/α,β-unsaturated/α-hetero) is 1. The normalized spacial score (nSPS) is 14.3. The van der Waals surface area contributed by atoms with E-state index in [2.05, 4.69) is 4.74 Å². The Balaban J connectivity index is 1.21. The highest BCUT2D eigenvalue weighted by Crippen LogP contribution is 2.35. The van der Waals surface area contributed by atoms with Gasteiger partial charge >= 0.3 is 6.36 Å². The van der Waals surface area contributed by atoms with Gasteiger partial charge in [0, 0.05) is 62.5 Å². The first-order valence-electron chi connectivity index (χ1n) is 14.5. The highest BCUT2D eigenvalue weighted by Gasteiger charge is 2.32. The van der Waals surface area contributed by atoms with Gasteiger partial charge in [0.05, 0.1) is 11.1 Å². The first kappa shape index (κ1) is 31.2. The highest BCUT2D eigenvalue weighted by molar-refractivity contribution is 6.01. The summed E-state index contributed by atoms with van der Waals surface area (Å²) in [6.07, 6.45) is -0.444. The Bertz CT molecular complexity index is 1660. The molecule has 1 aromatic heterocycles. The molecule has 0 atom stereocenters. The monoisotopic (exact) mass is 611 g/mol. The van der Waals surface area contributed by atoms with Crippen LogP contribution in [0.2, 0.25) is 0 Å². The summed E-state index contributed by atoms with van der Waals surface area (Å²) in [5, 5.41) is 5.63. The van der Waals surface area contributed by atoms with Gasteiger partial charge in [0.15, 0.2) is 5.78 Å². The first-order valence-corrected chi connectivity index (χ1v) is 14.5. The van der Waals surface area contributed by atoms with Crippen LogP contribution in [0.4, 0.5) is 17.6 Å². The molecule has 232 valence electrons. The van der Waals surface area contributed by atoms with Crippen molar-refractivity contribution in [2.75, 3.05) is 26.8 Å². The molecule has 0 radical (unpaired) electrons. The molecule has 4 aromatic rings. The Hall–Kier alpha value is -4.25. The number of benzene rings is 3. The quantitative estimate of drug-likeness (QED) is 0.108. The minimum atomic E-state index is -4.89. The Morgan fingerprint density at radius 2 is 1.75 bits per heavy atom. The number of amides is 1. The number of para-hydroxylation sites is 1. The molecule has 11 heteroatoms. The van der Waals surface area contributed by atoms with Gasteiger partial charge in [0.25, 0.3) is 5.91 Å². The molecule has 0 aliphatic carbocycles. The lowest BCUT2D eigenvalue weighted by molar-refractivity contribution is -0.274. The molecule has 0 unspecified atom stereocenters. The minimum Gasteiger partial charge on any atom is -0.405 e. The molecule has 0 N–H and O–H groups in total. The van der Waals surface area contributed by atoms with Crippen LogP contribution < -0.4 is 4.74 Å². The van der Waals surface area contributed by atoms with Crippen LogP contribution in [-0.4, -0.2) is 59.5 Å². The number of methoxy groups -OCH3 is 1. The Morgan fingerprint density at radius 1 is 1.02 bits per heavy atom. The van der Waals surface area contributed by atoms with Crippen LogP contribution in [-0.2, 0) is 11.3 Å². The summed E-state index contributed by atoms with van der Waals surface area (Å²) in [7, 11) is 1.61. The van der Waals surface area contributed by atoms with E-state index in [1.165, 1.54) is 30.3 Å².